The molecule has 1 heterocycles. The minimum atomic E-state index is -0.529. The molecule has 0 aromatic heterocycles. The molecular weight excluding hydrogens is 260 g/mol. The van der Waals surface area contributed by atoms with Gasteiger partial charge in [0.15, 0.2) is 0 Å². The minimum absolute atomic E-state index is 0.109. The SMILES string of the molecule is CCNC(=O)C1COCCN1C(C)C(=O)OC(C)(C)C. The van der Waals surface area contributed by atoms with Crippen molar-refractivity contribution in [2.75, 3.05) is 26.3 Å². The van der Waals surface area contributed by atoms with E-state index in [2.05, 4.69) is 5.32 Å². The summed E-state index contributed by atoms with van der Waals surface area (Å²) in [4.78, 5) is 26.0. The van der Waals surface area contributed by atoms with Gasteiger partial charge in [0.05, 0.1) is 13.2 Å². The second kappa shape index (κ2) is 7.04. The van der Waals surface area contributed by atoms with E-state index in [1.807, 2.05) is 32.6 Å². The zero-order valence-electron chi connectivity index (χ0n) is 13.1. The van der Waals surface area contributed by atoms with Crippen molar-refractivity contribution in [3.8, 4) is 0 Å². The van der Waals surface area contributed by atoms with Crippen LogP contribution in [-0.2, 0) is 19.1 Å². The Morgan fingerprint density at radius 3 is 2.65 bits per heavy atom. The lowest BCUT2D eigenvalue weighted by molar-refractivity contribution is -0.165. The van der Waals surface area contributed by atoms with Gasteiger partial charge in [0, 0.05) is 13.1 Å². The summed E-state index contributed by atoms with van der Waals surface area (Å²) in [6, 6.07) is -0.906. The summed E-state index contributed by atoms with van der Waals surface area (Å²) in [7, 11) is 0. The number of likely N-dealkylation sites (N-methyl/N-ethyl adjacent to an activating group) is 1. The maximum Gasteiger partial charge on any atom is 0.323 e. The molecule has 1 saturated heterocycles. The first-order chi connectivity index (χ1) is 9.26. The van der Waals surface area contributed by atoms with Crippen molar-refractivity contribution in [2.45, 2.75) is 52.3 Å². The summed E-state index contributed by atoms with van der Waals surface area (Å²) >= 11 is 0. The van der Waals surface area contributed by atoms with E-state index in [1.54, 1.807) is 6.92 Å². The molecule has 1 aliphatic heterocycles. The molecule has 0 aromatic carbocycles. The van der Waals surface area contributed by atoms with E-state index >= 15 is 0 Å². The van der Waals surface area contributed by atoms with Gasteiger partial charge in [-0.15, -0.1) is 0 Å². The zero-order chi connectivity index (χ0) is 15.3. The number of hydrogen-bond acceptors (Lipinski definition) is 5. The second-order valence-corrected chi connectivity index (χ2v) is 5.93. The van der Waals surface area contributed by atoms with E-state index in [1.165, 1.54) is 0 Å². The molecule has 0 aromatic rings. The predicted molar refractivity (Wildman–Crippen MR) is 75.3 cm³/mol. The van der Waals surface area contributed by atoms with Gasteiger partial charge < -0.3 is 14.8 Å². The van der Waals surface area contributed by atoms with E-state index in [9.17, 15) is 9.59 Å². The Kier molecular flexibility index (Phi) is 5.95. The first kappa shape index (κ1) is 16.9. The van der Waals surface area contributed by atoms with Crippen molar-refractivity contribution in [1.29, 1.82) is 0 Å². The molecule has 1 fully saturated rings. The van der Waals surface area contributed by atoms with Crippen LogP contribution in [0, 0.1) is 0 Å². The second-order valence-electron chi connectivity index (χ2n) is 5.93. The van der Waals surface area contributed by atoms with Gasteiger partial charge in [0.2, 0.25) is 5.91 Å². The van der Waals surface area contributed by atoms with Crippen LogP contribution in [0.1, 0.15) is 34.6 Å². The fraction of sp³-hybridized carbons (Fsp3) is 0.857. The van der Waals surface area contributed by atoms with Crippen LogP contribution < -0.4 is 5.32 Å². The molecule has 0 spiro atoms. The number of carbonyl (C=O) groups excluding carboxylic acids is 2. The van der Waals surface area contributed by atoms with Crippen molar-refractivity contribution in [2.24, 2.45) is 0 Å². The van der Waals surface area contributed by atoms with Crippen LogP contribution in [0.3, 0.4) is 0 Å². The van der Waals surface area contributed by atoms with E-state index in [-0.39, 0.29) is 11.9 Å². The predicted octanol–water partition coefficient (Wildman–Crippen LogP) is 0.554. The zero-order valence-corrected chi connectivity index (χ0v) is 13.1. The first-order valence-electron chi connectivity index (χ1n) is 7.10. The van der Waals surface area contributed by atoms with E-state index < -0.39 is 17.7 Å². The fourth-order valence-electron chi connectivity index (χ4n) is 2.12. The van der Waals surface area contributed by atoms with E-state index in [0.717, 1.165) is 0 Å². The van der Waals surface area contributed by atoms with Crippen molar-refractivity contribution in [3.63, 3.8) is 0 Å². The van der Waals surface area contributed by atoms with E-state index in [0.29, 0.717) is 26.3 Å². The van der Waals surface area contributed by atoms with Crippen molar-refractivity contribution in [3.05, 3.63) is 0 Å². The highest BCUT2D eigenvalue weighted by Crippen LogP contribution is 2.16. The third kappa shape index (κ3) is 4.76. The van der Waals surface area contributed by atoms with Crippen LogP contribution in [0.5, 0.6) is 0 Å². The normalized spacial score (nSPS) is 22.1. The van der Waals surface area contributed by atoms with Crippen LogP contribution in [-0.4, -0.2) is 60.8 Å². The summed E-state index contributed by atoms with van der Waals surface area (Å²) in [5.41, 5.74) is -0.529. The van der Waals surface area contributed by atoms with Crippen LogP contribution in [0.4, 0.5) is 0 Å². The Hall–Kier alpha value is -1.14. The van der Waals surface area contributed by atoms with Crippen LogP contribution in [0.15, 0.2) is 0 Å². The number of morpholine rings is 1. The molecule has 2 unspecified atom stereocenters. The minimum Gasteiger partial charge on any atom is -0.459 e. The van der Waals surface area contributed by atoms with Crippen LogP contribution in [0.25, 0.3) is 0 Å². The standard InChI is InChI=1S/C14H26N2O4/c1-6-15-12(17)11-9-19-8-7-16(11)10(2)13(18)20-14(3,4)5/h10-11H,6-9H2,1-5H3,(H,15,17). The topological polar surface area (TPSA) is 67.9 Å². The Labute approximate surface area is 120 Å². The van der Waals surface area contributed by atoms with Gasteiger partial charge in [-0.2, -0.15) is 0 Å². The van der Waals surface area contributed by atoms with Gasteiger partial charge in [-0.1, -0.05) is 0 Å². The molecular formula is C14H26N2O4. The van der Waals surface area contributed by atoms with Crippen molar-refractivity contribution < 1.29 is 19.1 Å². The maximum atomic E-state index is 12.1. The molecule has 1 amide bonds. The number of nitrogens with one attached hydrogen (secondary N) is 1. The molecule has 1 rings (SSSR count). The summed E-state index contributed by atoms with van der Waals surface area (Å²) in [5.74, 6) is -0.420. The first-order valence-corrected chi connectivity index (χ1v) is 7.10. The summed E-state index contributed by atoms with van der Waals surface area (Å²) in [6.45, 7) is 11.1. The van der Waals surface area contributed by atoms with Gasteiger partial charge in [0.25, 0.3) is 0 Å². The van der Waals surface area contributed by atoms with Crippen molar-refractivity contribution in [1.82, 2.24) is 10.2 Å². The molecule has 6 heteroatoms. The Morgan fingerprint density at radius 1 is 1.45 bits per heavy atom. The molecule has 20 heavy (non-hydrogen) atoms. The smallest absolute Gasteiger partial charge is 0.323 e. The molecule has 0 radical (unpaired) electrons. The molecule has 1 aliphatic rings. The third-order valence-electron chi connectivity index (χ3n) is 3.07. The lowest BCUT2D eigenvalue weighted by atomic mass is 10.1. The molecule has 0 saturated carbocycles. The average Bonchev–Trinajstić information content (AvgIpc) is 2.36. The number of esters is 1. The number of amides is 1. The van der Waals surface area contributed by atoms with Crippen LogP contribution in [0.2, 0.25) is 0 Å². The summed E-state index contributed by atoms with van der Waals surface area (Å²) < 4.78 is 10.7. The third-order valence-corrected chi connectivity index (χ3v) is 3.07. The lowest BCUT2D eigenvalue weighted by Crippen LogP contribution is -2.58. The van der Waals surface area contributed by atoms with Crippen LogP contribution >= 0.6 is 0 Å². The maximum absolute atomic E-state index is 12.1. The Bertz CT molecular complexity index is 352. The lowest BCUT2D eigenvalue weighted by Gasteiger charge is -2.38. The quantitative estimate of drug-likeness (QED) is 0.765. The monoisotopic (exact) mass is 286 g/mol. The number of nitrogens with zero attached hydrogens (tertiary/aromatic N) is 1. The molecule has 2 atom stereocenters. The van der Waals surface area contributed by atoms with Gasteiger partial charge in [-0.3, -0.25) is 14.5 Å². The highest BCUT2D eigenvalue weighted by atomic mass is 16.6. The Morgan fingerprint density at radius 2 is 2.10 bits per heavy atom. The van der Waals surface area contributed by atoms with Gasteiger partial charge in [0.1, 0.15) is 17.7 Å². The van der Waals surface area contributed by atoms with E-state index in [4.69, 9.17) is 9.47 Å². The number of rotatable bonds is 4. The number of ether oxygens (including phenoxy) is 2. The molecule has 6 nitrogen and oxygen atoms in total. The highest BCUT2D eigenvalue weighted by Gasteiger charge is 2.36. The molecule has 1 N–H and O–H groups in total. The largest absolute Gasteiger partial charge is 0.459 e. The Balaban J connectivity index is 2.74. The van der Waals surface area contributed by atoms with Gasteiger partial charge in [-0.05, 0) is 34.6 Å². The molecule has 0 aliphatic carbocycles. The average molecular weight is 286 g/mol. The summed E-state index contributed by atoms with van der Waals surface area (Å²) in [6.07, 6.45) is 0. The van der Waals surface area contributed by atoms with Crippen molar-refractivity contribution >= 4 is 11.9 Å². The number of hydrogen-bond donors (Lipinski definition) is 1. The summed E-state index contributed by atoms with van der Waals surface area (Å²) in [5, 5.41) is 2.77. The fourth-order valence-corrected chi connectivity index (χ4v) is 2.12. The molecule has 116 valence electrons. The number of carbonyl (C=O) groups is 2. The van der Waals surface area contributed by atoms with Gasteiger partial charge in [-0.25, -0.2) is 0 Å². The highest BCUT2D eigenvalue weighted by molar-refractivity contribution is 5.83. The molecule has 0 bridgehead atoms. The van der Waals surface area contributed by atoms with Gasteiger partial charge >= 0.3 is 5.97 Å².